The van der Waals surface area contributed by atoms with Crippen LogP contribution in [0.4, 0.5) is 0 Å². The number of rotatable bonds is 13. The van der Waals surface area contributed by atoms with Crippen molar-refractivity contribution in [1.82, 2.24) is 14.8 Å². The molecule has 0 saturated heterocycles. The number of nitrogens with one attached hydrogen (secondary N) is 1. The Morgan fingerprint density at radius 1 is 0.923 bits per heavy atom. The Morgan fingerprint density at radius 2 is 1.64 bits per heavy atom. The number of phenols is 1. The van der Waals surface area contributed by atoms with Gasteiger partial charge in [-0.2, -0.15) is 0 Å². The van der Waals surface area contributed by atoms with Crippen LogP contribution in [0.1, 0.15) is 56.1 Å². The number of thiazole rings is 1. The van der Waals surface area contributed by atoms with Crippen LogP contribution >= 0.6 is 45.3 Å². The average Bonchev–Trinajstić information content (AvgIpc) is 3.10. The van der Waals surface area contributed by atoms with Crippen molar-refractivity contribution >= 4 is 61.4 Å². The van der Waals surface area contributed by atoms with Crippen molar-refractivity contribution in [3.63, 3.8) is 0 Å². The van der Waals surface area contributed by atoms with Crippen LogP contribution < -0.4 is 10.6 Å². The zero-order valence-corrected chi connectivity index (χ0v) is 26.7. The van der Waals surface area contributed by atoms with Gasteiger partial charge in [-0.1, -0.05) is 73.4 Å². The van der Waals surface area contributed by atoms with Crippen molar-refractivity contribution in [1.29, 1.82) is 0 Å². The topological polar surface area (TPSA) is 103 Å². The monoisotopic (exact) mass is 684 g/mol. The molecule has 1 aromatic heterocycles. The highest BCUT2D eigenvalue weighted by Gasteiger charge is 2.22. The number of H-pyrrole nitrogens is 1. The van der Waals surface area contributed by atoms with Crippen LogP contribution in [0.2, 0.25) is 0 Å². The van der Waals surface area contributed by atoms with E-state index in [1.54, 1.807) is 6.07 Å². The first-order valence-electron chi connectivity index (χ1n) is 13.6. The normalized spacial score (nSPS) is 14.2. The molecule has 0 unspecified atom stereocenters. The molecule has 0 atom stereocenters. The van der Waals surface area contributed by atoms with E-state index in [1.165, 1.54) is 55.4 Å². The molecule has 2 aromatic carbocycles. The van der Waals surface area contributed by atoms with Crippen molar-refractivity contribution in [2.24, 2.45) is 5.73 Å². The summed E-state index contributed by atoms with van der Waals surface area (Å²) in [6, 6.07) is 14.7. The Kier molecular flexibility index (Phi) is 14.7. The number of carbonyl (C=O) groups excluding carboxylic acids is 1. The minimum Gasteiger partial charge on any atom is -0.506 e. The summed E-state index contributed by atoms with van der Waals surface area (Å²) in [5, 5.41) is 10.2. The Morgan fingerprint density at radius 3 is 2.33 bits per heavy atom. The highest BCUT2D eigenvalue weighted by atomic mass is 79.9. The second-order valence-corrected chi connectivity index (χ2v) is 11.2. The minimum absolute atomic E-state index is 0. The van der Waals surface area contributed by atoms with E-state index in [0.717, 1.165) is 49.3 Å². The fraction of sp³-hybridized carbons (Fsp3) is 0.517. The molecule has 0 aliphatic heterocycles. The van der Waals surface area contributed by atoms with Gasteiger partial charge in [0.1, 0.15) is 11.3 Å². The third-order valence-corrected chi connectivity index (χ3v) is 8.54. The molecule has 1 amide bonds. The number of hydrogen-bond acceptors (Lipinski definition) is 6. The van der Waals surface area contributed by atoms with Gasteiger partial charge >= 0.3 is 4.87 Å². The van der Waals surface area contributed by atoms with Crippen LogP contribution in [-0.2, 0) is 17.6 Å². The predicted octanol–water partition coefficient (Wildman–Crippen LogP) is 5.44. The molecule has 7 nitrogen and oxygen atoms in total. The Hall–Kier alpha value is -1.72. The molecule has 4 N–H and O–H groups in total. The quantitative estimate of drug-likeness (QED) is 0.208. The lowest BCUT2D eigenvalue weighted by atomic mass is 10.0. The lowest BCUT2D eigenvalue weighted by Crippen LogP contribution is -2.43. The van der Waals surface area contributed by atoms with Gasteiger partial charge in [0, 0.05) is 45.2 Å². The average molecular weight is 687 g/mol. The second-order valence-electron chi connectivity index (χ2n) is 10.2. The molecular weight excluding hydrogens is 644 g/mol. The van der Waals surface area contributed by atoms with Gasteiger partial charge in [-0.15, -0.1) is 34.0 Å². The number of nitrogens with zero attached hydrogens (tertiary/aromatic N) is 2. The minimum atomic E-state index is -0.257. The maximum atomic E-state index is 12.0. The molecule has 10 heteroatoms. The van der Waals surface area contributed by atoms with E-state index in [-0.39, 0.29) is 50.5 Å². The first kappa shape index (κ1) is 33.5. The van der Waals surface area contributed by atoms with Crippen LogP contribution in [0.3, 0.4) is 0 Å². The number of halogens is 2. The van der Waals surface area contributed by atoms with Gasteiger partial charge in [-0.3, -0.25) is 14.5 Å². The van der Waals surface area contributed by atoms with E-state index < -0.39 is 0 Å². The first-order valence-corrected chi connectivity index (χ1v) is 14.4. The molecule has 0 radical (unpaired) electrons. The molecule has 1 heterocycles. The van der Waals surface area contributed by atoms with Crippen molar-refractivity contribution in [2.75, 3.05) is 32.7 Å². The lowest BCUT2D eigenvalue weighted by molar-refractivity contribution is -0.118. The molecule has 1 fully saturated rings. The van der Waals surface area contributed by atoms with Gasteiger partial charge in [0.2, 0.25) is 5.91 Å². The molecule has 216 valence electrons. The molecule has 1 aliphatic carbocycles. The summed E-state index contributed by atoms with van der Waals surface area (Å²) in [7, 11) is 0. The molecule has 1 saturated carbocycles. The van der Waals surface area contributed by atoms with Crippen molar-refractivity contribution in [2.45, 2.75) is 63.8 Å². The third-order valence-electron chi connectivity index (χ3n) is 7.59. The number of aromatic hydroxyl groups is 1. The molecule has 4 rings (SSSR count). The summed E-state index contributed by atoms with van der Waals surface area (Å²) in [4.78, 5) is 31.1. The number of aromatic amines is 1. The zero-order chi connectivity index (χ0) is 26.0. The number of carbonyl (C=O) groups is 1. The number of amides is 1. The van der Waals surface area contributed by atoms with Crippen LogP contribution in [-0.4, -0.2) is 64.6 Å². The smallest absolute Gasteiger partial charge is 0.305 e. The summed E-state index contributed by atoms with van der Waals surface area (Å²) in [5.41, 5.74) is 8.44. The van der Waals surface area contributed by atoms with Gasteiger partial charge in [0.15, 0.2) is 0 Å². The Balaban J connectivity index is 0.00000267. The standard InChI is InChI=1S/C29H40N4O3S.2BrH/c30-26(35)16-18-32(17-14-22-8-4-3-5-9-22)20-21-33(24-10-6-1-2-7-11-24)19-15-23-12-13-25(34)27-28(23)37-29(36)31-27;;/h3-5,8-9,12-13,24,34H,1-2,6-7,10-11,14-21H2,(H2,30,35)(H,31,36);2*1H. The second kappa shape index (κ2) is 17.2. The van der Waals surface area contributed by atoms with Gasteiger partial charge in [0.25, 0.3) is 0 Å². The number of benzene rings is 2. The molecule has 0 spiro atoms. The number of nitrogens with two attached hydrogens (primary N) is 1. The SMILES string of the molecule is Br.Br.NC(=O)CCN(CCc1ccccc1)CCN(CCc1ccc(O)c2[nH]c(=O)sc12)C1CCCCCC1. The fourth-order valence-electron chi connectivity index (χ4n) is 5.44. The maximum Gasteiger partial charge on any atom is 0.305 e. The third kappa shape index (κ3) is 10.3. The van der Waals surface area contributed by atoms with Gasteiger partial charge in [0.05, 0.1) is 4.70 Å². The van der Waals surface area contributed by atoms with Crippen LogP contribution in [0, 0.1) is 0 Å². The van der Waals surface area contributed by atoms with Crippen molar-refractivity contribution in [3.8, 4) is 5.75 Å². The lowest BCUT2D eigenvalue weighted by Gasteiger charge is -2.33. The number of hydrogen-bond donors (Lipinski definition) is 3. The van der Waals surface area contributed by atoms with E-state index in [9.17, 15) is 14.7 Å². The van der Waals surface area contributed by atoms with Gasteiger partial charge in [-0.05, 0) is 42.9 Å². The summed E-state index contributed by atoms with van der Waals surface area (Å²) >= 11 is 1.17. The van der Waals surface area contributed by atoms with E-state index in [1.807, 2.05) is 12.1 Å². The van der Waals surface area contributed by atoms with Crippen molar-refractivity contribution in [3.05, 3.63) is 63.3 Å². The van der Waals surface area contributed by atoms with Crippen molar-refractivity contribution < 1.29 is 9.90 Å². The summed E-state index contributed by atoms with van der Waals surface area (Å²) in [6.07, 6.45) is 9.72. The first-order chi connectivity index (χ1) is 18.0. The number of aromatic nitrogens is 1. The predicted molar refractivity (Wildman–Crippen MR) is 172 cm³/mol. The van der Waals surface area contributed by atoms with E-state index in [0.29, 0.717) is 24.5 Å². The Labute approximate surface area is 256 Å². The van der Waals surface area contributed by atoms with Crippen LogP contribution in [0.5, 0.6) is 5.75 Å². The zero-order valence-electron chi connectivity index (χ0n) is 22.5. The maximum absolute atomic E-state index is 12.0. The van der Waals surface area contributed by atoms with E-state index >= 15 is 0 Å². The summed E-state index contributed by atoms with van der Waals surface area (Å²) in [5.74, 6) is -0.131. The number of primary amides is 1. The highest BCUT2D eigenvalue weighted by Crippen LogP contribution is 2.29. The van der Waals surface area contributed by atoms with Gasteiger partial charge < -0.3 is 20.7 Å². The largest absolute Gasteiger partial charge is 0.506 e. The fourth-order valence-corrected chi connectivity index (χ4v) is 6.34. The van der Waals surface area contributed by atoms with Crippen LogP contribution in [0.25, 0.3) is 10.2 Å². The molecule has 39 heavy (non-hydrogen) atoms. The molecule has 3 aromatic rings. The summed E-state index contributed by atoms with van der Waals surface area (Å²) in [6.45, 7) is 4.29. The highest BCUT2D eigenvalue weighted by molar-refractivity contribution is 8.93. The van der Waals surface area contributed by atoms with Crippen LogP contribution in [0.15, 0.2) is 47.3 Å². The molecule has 0 bridgehead atoms. The Bertz CT molecular complexity index is 1200. The molecular formula is C29H42Br2N4O3S. The van der Waals surface area contributed by atoms with E-state index in [2.05, 4.69) is 39.0 Å². The van der Waals surface area contributed by atoms with E-state index in [4.69, 9.17) is 5.73 Å². The van der Waals surface area contributed by atoms with Gasteiger partial charge in [-0.25, -0.2) is 0 Å². The molecule has 1 aliphatic rings. The number of phenolic OH excluding ortho intramolecular Hbond substituents is 1. The summed E-state index contributed by atoms with van der Waals surface area (Å²) < 4.78 is 0.858. The number of fused-ring (bicyclic) bond motifs is 1.